The number of hydrogen-bond acceptors (Lipinski definition) is 6. The van der Waals surface area contributed by atoms with E-state index in [1.807, 2.05) is 41.9 Å². The van der Waals surface area contributed by atoms with Crippen LogP contribution in [0, 0.1) is 16.1 Å². The normalized spacial score (nSPS) is 15.5. The van der Waals surface area contributed by atoms with Crippen molar-refractivity contribution in [3.8, 4) is 17.5 Å². The highest BCUT2D eigenvalue weighted by Gasteiger charge is 2.29. The minimum absolute atomic E-state index is 0.196. The maximum Gasteiger partial charge on any atom is 0.243 e. The van der Waals surface area contributed by atoms with Gasteiger partial charge < -0.3 is 4.57 Å². The quantitative estimate of drug-likeness (QED) is 0.513. The van der Waals surface area contributed by atoms with Gasteiger partial charge in [0.05, 0.1) is 28.2 Å². The van der Waals surface area contributed by atoms with Crippen molar-refractivity contribution in [2.24, 2.45) is 7.05 Å². The Kier molecular flexibility index (Phi) is 6.46. The molecule has 2 aromatic carbocycles. The van der Waals surface area contributed by atoms with Crippen molar-refractivity contribution in [1.82, 2.24) is 23.6 Å². The number of nitriles is 1. The predicted molar refractivity (Wildman–Crippen MR) is 124 cm³/mol. The summed E-state index contributed by atoms with van der Waals surface area (Å²) in [6.45, 7) is 2.28. The maximum absolute atomic E-state index is 12.9. The van der Waals surface area contributed by atoms with E-state index in [2.05, 4.69) is 10.00 Å². The highest BCUT2D eigenvalue weighted by molar-refractivity contribution is 7.89. The van der Waals surface area contributed by atoms with E-state index in [0.717, 1.165) is 5.56 Å². The smallest absolute Gasteiger partial charge is 0.243 e. The summed E-state index contributed by atoms with van der Waals surface area (Å²) >= 11 is 11.9. The Morgan fingerprint density at radius 1 is 1.09 bits per heavy atom. The lowest BCUT2D eigenvalue weighted by atomic mass is 10.2. The molecule has 1 aliphatic rings. The largest absolute Gasteiger partial charge is 0.303 e. The van der Waals surface area contributed by atoms with Gasteiger partial charge in [0.2, 0.25) is 10.0 Å². The summed E-state index contributed by atoms with van der Waals surface area (Å²) in [6, 6.07) is 15.5. The van der Waals surface area contributed by atoms with Crippen LogP contribution in [0.25, 0.3) is 11.4 Å². The predicted octanol–water partition coefficient (Wildman–Crippen LogP) is 3.11. The molecule has 0 spiro atoms. The molecule has 1 aromatic heterocycles. The molecule has 11 heteroatoms. The lowest BCUT2D eigenvalue weighted by molar-refractivity contribution is 0.144. The third kappa shape index (κ3) is 4.35. The summed E-state index contributed by atoms with van der Waals surface area (Å²) < 4.78 is 31.4. The lowest BCUT2D eigenvalue weighted by Crippen LogP contribution is -2.48. The monoisotopic (exact) mass is 488 g/mol. The minimum Gasteiger partial charge on any atom is -0.303 e. The van der Waals surface area contributed by atoms with Crippen LogP contribution in [0.3, 0.4) is 0 Å². The van der Waals surface area contributed by atoms with Crippen LogP contribution in [0.1, 0.15) is 5.56 Å². The van der Waals surface area contributed by atoms with Gasteiger partial charge in [-0.2, -0.15) is 14.7 Å². The van der Waals surface area contributed by atoms with E-state index in [0.29, 0.717) is 54.0 Å². The van der Waals surface area contributed by atoms with Crippen molar-refractivity contribution < 1.29 is 8.42 Å². The number of sulfonamides is 1. The number of nitrogens with zero attached hydrogens (tertiary/aromatic N) is 6. The fraction of sp³-hybridized carbons (Fsp3) is 0.286. The van der Waals surface area contributed by atoms with Gasteiger partial charge in [0.1, 0.15) is 0 Å². The van der Waals surface area contributed by atoms with Gasteiger partial charge >= 0.3 is 0 Å². The SMILES string of the molecule is Cn1c(-c2ccccc2Cl)nn(CN2CCN(S(=O)(=O)c3ccc(C#N)cc3)CC2)c1=S. The zero-order chi connectivity index (χ0) is 22.9. The van der Waals surface area contributed by atoms with Gasteiger partial charge in [-0.05, 0) is 48.6 Å². The molecule has 0 amide bonds. The summed E-state index contributed by atoms with van der Waals surface area (Å²) in [6.07, 6.45) is 0. The zero-order valence-corrected chi connectivity index (χ0v) is 19.7. The molecular formula is C21H21ClN6O2S2. The Bertz CT molecular complexity index is 1330. The molecule has 8 nitrogen and oxygen atoms in total. The number of piperazine rings is 1. The van der Waals surface area contributed by atoms with E-state index in [9.17, 15) is 8.42 Å². The lowest BCUT2D eigenvalue weighted by Gasteiger charge is -2.33. The molecule has 1 fully saturated rings. The first-order valence-electron chi connectivity index (χ1n) is 9.92. The average Bonchev–Trinajstić information content (AvgIpc) is 3.08. The molecule has 0 unspecified atom stereocenters. The van der Waals surface area contributed by atoms with Gasteiger partial charge in [0, 0.05) is 38.8 Å². The van der Waals surface area contributed by atoms with Gasteiger partial charge in [0.25, 0.3) is 0 Å². The first-order chi connectivity index (χ1) is 15.3. The van der Waals surface area contributed by atoms with Crippen molar-refractivity contribution in [3.63, 3.8) is 0 Å². The summed E-state index contributed by atoms with van der Waals surface area (Å²) in [4.78, 5) is 2.31. The van der Waals surface area contributed by atoms with Crippen LogP contribution in [-0.2, 0) is 23.7 Å². The van der Waals surface area contributed by atoms with Crippen LogP contribution in [0.2, 0.25) is 5.02 Å². The van der Waals surface area contributed by atoms with E-state index in [-0.39, 0.29) is 4.90 Å². The van der Waals surface area contributed by atoms with Gasteiger partial charge in [-0.25, -0.2) is 13.1 Å². The van der Waals surface area contributed by atoms with Crippen molar-refractivity contribution in [2.45, 2.75) is 11.6 Å². The van der Waals surface area contributed by atoms with E-state index in [1.54, 1.807) is 4.68 Å². The van der Waals surface area contributed by atoms with E-state index >= 15 is 0 Å². The molecule has 0 N–H and O–H groups in total. The number of halogens is 1. The van der Waals surface area contributed by atoms with Crippen LogP contribution in [0.5, 0.6) is 0 Å². The Hall–Kier alpha value is -2.55. The molecule has 0 atom stereocenters. The van der Waals surface area contributed by atoms with Gasteiger partial charge in [0.15, 0.2) is 10.6 Å². The second-order valence-corrected chi connectivity index (χ2v) is 10.2. The Balaban J connectivity index is 1.46. The maximum atomic E-state index is 12.9. The minimum atomic E-state index is -3.60. The summed E-state index contributed by atoms with van der Waals surface area (Å²) in [5.41, 5.74) is 1.23. The molecule has 0 radical (unpaired) electrons. The van der Waals surface area contributed by atoms with Crippen molar-refractivity contribution >= 4 is 33.8 Å². The van der Waals surface area contributed by atoms with Crippen LogP contribution in [-0.4, -0.2) is 58.1 Å². The van der Waals surface area contributed by atoms with E-state index in [4.69, 9.17) is 29.1 Å². The highest BCUT2D eigenvalue weighted by atomic mass is 35.5. The molecule has 32 heavy (non-hydrogen) atoms. The molecule has 1 aliphatic heterocycles. The van der Waals surface area contributed by atoms with Crippen molar-refractivity contribution in [3.05, 3.63) is 63.9 Å². The first kappa shape index (κ1) is 22.6. The van der Waals surface area contributed by atoms with E-state index in [1.165, 1.54) is 28.6 Å². The molecular weight excluding hydrogens is 468 g/mol. The Morgan fingerprint density at radius 2 is 1.75 bits per heavy atom. The van der Waals surface area contributed by atoms with Gasteiger partial charge in [-0.3, -0.25) is 4.90 Å². The van der Waals surface area contributed by atoms with Crippen molar-refractivity contribution in [2.75, 3.05) is 26.2 Å². The molecule has 0 saturated carbocycles. The van der Waals surface area contributed by atoms with Crippen LogP contribution in [0.4, 0.5) is 0 Å². The molecule has 1 saturated heterocycles. The zero-order valence-electron chi connectivity index (χ0n) is 17.3. The average molecular weight is 489 g/mol. The highest BCUT2D eigenvalue weighted by Crippen LogP contribution is 2.26. The number of rotatable bonds is 5. The van der Waals surface area contributed by atoms with Crippen LogP contribution in [0.15, 0.2) is 53.4 Å². The third-order valence-electron chi connectivity index (χ3n) is 5.44. The number of hydrogen-bond donors (Lipinski definition) is 0. The topological polar surface area (TPSA) is 87.2 Å². The molecule has 0 bridgehead atoms. The van der Waals surface area contributed by atoms with E-state index < -0.39 is 10.0 Å². The molecule has 0 aliphatic carbocycles. The third-order valence-corrected chi connectivity index (χ3v) is 8.17. The molecule has 4 rings (SSSR count). The summed E-state index contributed by atoms with van der Waals surface area (Å²) in [7, 11) is -1.75. The van der Waals surface area contributed by atoms with Crippen molar-refractivity contribution in [1.29, 1.82) is 5.26 Å². The number of benzene rings is 2. The van der Waals surface area contributed by atoms with Gasteiger partial charge in [-0.15, -0.1) is 0 Å². The van der Waals surface area contributed by atoms with Crippen LogP contribution >= 0.6 is 23.8 Å². The fourth-order valence-electron chi connectivity index (χ4n) is 3.61. The van der Waals surface area contributed by atoms with Gasteiger partial charge in [-0.1, -0.05) is 23.7 Å². The summed E-state index contributed by atoms with van der Waals surface area (Å²) in [5.74, 6) is 0.683. The number of aromatic nitrogens is 3. The molecule has 3 aromatic rings. The Morgan fingerprint density at radius 3 is 2.38 bits per heavy atom. The molecule has 166 valence electrons. The second-order valence-electron chi connectivity index (χ2n) is 7.44. The fourth-order valence-corrected chi connectivity index (χ4v) is 5.44. The standard InChI is InChI=1S/C21H21ClN6O2S2/c1-25-20(18-4-2-3-5-19(18)22)24-28(21(25)31)15-26-10-12-27(13-11-26)32(29,30)17-8-6-16(14-23)7-9-17/h2-9H,10-13,15H2,1H3. The molecule has 2 heterocycles. The summed E-state index contributed by atoms with van der Waals surface area (Å²) in [5, 5.41) is 14.2. The Labute approximate surface area is 196 Å². The first-order valence-corrected chi connectivity index (χ1v) is 12.2. The second kappa shape index (κ2) is 9.13. The van der Waals surface area contributed by atoms with Crippen LogP contribution < -0.4 is 0 Å².